The Morgan fingerprint density at radius 2 is 1.81 bits per heavy atom. The van der Waals surface area contributed by atoms with Crippen molar-refractivity contribution < 1.29 is 19.7 Å². The van der Waals surface area contributed by atoms with Gasteiger partial charge in [-0.05, 0) is 68.3 Å². The number of hydrogen-bond acceptors (Lipinski definition) is 6. The maximum Gasteiger partial charge on any atom is 0.194 e. The Bertz CT molecular complexity index is 887. The molecule has 2 aliphatic heterocycles. The zero-order valence-corrected chi connectivity index (χ0v) is 22.3. The molecule has 2 fully saturated rings. The van der Waals surface area contributed by atoms with Gasteiger partial charge in [-0.2, -0.15) is 0 Å². The average Bonchev–Trinajstić information content (AvgIpc) is 3.31. The first-order valence-corrected chi connectivity index (χ1v) is 14.0. The summed E-state index contributed by atoms with van der Waals surface area (Å²) in [5.74, 6) is -0.743. The van der Waals surface area contributed by atoms with E-state index in [-0.39, 0.29) is 24.7 Å². The van der Waals surface area contributed by atoms with Crippen molar-refractivity contribution in [2.75, 3.05) is 52.5 Å². The number of allylic oxidation sites excluding steroid dienone is 2. The van der Waals surface area contributed by atoms with E-state index in [1.165, 1.54) is 29.5 Å². The van der Waals surface area contributed by atoms with E-state index < -0.39 is 5.79 Å². The minimum Gasteiger partial charge on any atom is -0.395 e. The summed E-state index contributed by atoms with van der Waals surface area (Å²) in [5, 5.41) is 19.6. The molecule has 3 aliphatic rings. The summed E-state index contributed by atoms with van der Waals surface area (Å²) < 4.78 is 13.2. The maximum atomic E-state index is 9.82. The van der Waals surface area contributed by atoms with Gasteiger partial charge in [-0.1, -0.05) is 49.8 Å². The number of aliphatic hydroxyl groups is 2. The average molecular weight is 499 g/mol. The van der Waals surface area contributed by atoms with Crippen LogP contribution in [0.5, 0.6) is 0 Å². The topological polar surface area (TPSA) is 65.4 Å². The Kier molecular flexibility index (Phi) is 10.2. The third kappa shape index (κ3) is 6.85. The van der Waals surface area contributed by atoms with Gasteiger partial charge >= 0.3 is 0 Å². The highest BCUT2D eigenvalue weighted by atomic mass is 16.7. The van der Waals surface area contributed by atoms with Crippen molar-refractivity contribution >= 4 is 5.57 Å². The van der Waals surface area contributed by atoms with Crippen molar-refractivity contribution in [3.63, 3.8) is 0 Å². The highest BCUT2D eigenvalue weighted by Crippen LogP contribution is 2.40. The van der Waals surface area contributed by atoms with Gasteiger partial charge in [0.25, 0.3) is 0 Å². The maximum absolute atomic E-state index is 9.82. The Morgan fingerprint density at radius 3 is 2.53 bits per heavy atom. The molecule has 0 bridgehead atoms. The van der Waals surface area contributed by atoms with Crippen molar-refractivity contribution in [3.05, 3.63) is 53.6 Å². The fraction of sp³-hybridized carbons (Fsp3) is 0.667. The number of likely N-dealkylation sites (tertiary alicyclic amines) is 2. The number of rotatable bonds is 12. The number of benzene rings is 1. The number of aliphatic hydroxyl groups excluding tert-OH is 2. The fourth-order valence-electron chi connectivity index (χ4n) is 5.99. The summed E-state index contributed by atoms with van der Waals surface area (Å²) in [4.78, 5) is 4.74. The monoisotopic (exact) mass is 498 g/mol. The molecule has 1 aromatic carbocycles. The molecule has 2 N–H and O–H groups in total. The number of piperidine rings is 1. The standard InChI is InChI=1S/C30H46N2O4/c1-24-10-3-4-12-28(24)29-13-7-15-30(25(29)2,35-20-8-16-31-19-14-27(34)22-31)36-21-9-18-32-17-6-5-11-26(32)23-33/h3-4,7,10,12-13,15,25-27,33-34H,5-6,8-9,11,14,16-23H2,1-2H3/t25?,26?,27-,30?/m1/s1. The van der Waals surface area contributed by atoms with Gasteiger partial charge in [0.05, 0.1) is 25.9 Å². The van der Waals surface area contributed by atoms with Crippen molar-refractivity contribution in [1.29, 1.82) is 0 Å². The Morgan fingerprint density at radius 1 is 1.03 bits per heavy atom. The molecule has 0 radical (unpaired) electrons. The van der Waals surface area contributed by atoms with Gasteiger partial charge in [0.15, 0.2) is 5.79 Å². The number of nitrogens with zero attached hydrogens (tertiary/aromatic N) is 2. The number of aryl methyl sites for hydroxylation is 1. The lowest BCUT2D eigenvalue weighted by atomic mass is 9.82. The van der Waals surface area contributed by atoms with Crippen molar-refractivity contribution in [1.82, 2.24) is 9.80 Å². The van der Waals surface area contributed by atoms with Crippen molar-refractivity contribution in [2.24, 2.45) is 5.92 Å². The number of β-amino-alcohol motifs (C(OH)–C–C–N with tert-alkyl or cyclic N) is 1. The summed E-state index contributed by atoms with van der Waals surface area (Å²) in [6, 6.07) is 8.81. The zero-order chi connectivity index (χ0) is 25.4. The first-order valence-electron chi connectivity index (χ1n) is 14.0. The Labute approximate surface area is 217 Å². The SMILES string of the molecule is Cc1ccccc1C1=CC=CC(OCCCN2CC[C@@H](O)C2)(OCCCN2CCCCC2CO)C1C. The van der Waals surface area contributed by atoms with Crippen molar-refractivity contribution in [3.8, 4) is 0 Å². The van der Waals surface area contributed by atoms with E-state index in [4.69, 9.17) is 9.47 Å². The lowest BCUT2D eigenvalue weighted by molar-refractivity contribution is -0.223. The van der Waals surface area contributed by atoms with Crippen LogP contribution >= 0.6 is 0 Å². The molecule has 0 amide bonds. The fourth-order valence-corrected chi connectivity index (χ4v) is 5.99. The molecule has 2 saturated heterocycles. The van der Waals surface area contributed by atoms with Crippen LogP contribution in [0.25, 0.3) is 5.57 Å². The lowest BCUT2D eigenvalue weighted by Gasteiger charge is -2.40. The first kappa shape index (κ1) is 27.5. The predicted octanol–water partition coefficient (Wildman–Crippen LogP) is 4.01. The summed E-state index contributed by atoms with van der Waals surface area (Å²) in [6.45, 7) is 10.5. The van der Waals surface area contributed by atoms with Crippen LogP contribution in [0, 0.1) is 12.8 Å². The van der Waals surface area contributed by atoms with Crippen LogP contribution in [0.3, 0.4) is 0 Å². The van der Waals surface area contributed by atoms with Gasteiger partial charge in [0, 0.05) is 38.1 Å². The molecule has 36 heavy (non-hydrogen) atoms. The van der Waals surface area contributed by atoms with Gasteiger partial charge < -0.3 is 24.6 Å². The molecule has 2 heterocycles. The third-order valence-corrected chi connectivity index (χ3v) is 8.20. The molecular weight excluding hydrogens is 452 g/mol. The highest BCUT2D eigenvalue weighted by Gasteiger charge is 2.40. The van der Waals surface area contributed by atoms with Gasteiger partial charge in [-0.25, -0.2) is 0 Å². The molecule has 1 aliphatic carbocycles. The predicted molar refractivity (Wildman–Crippen MR) is 145 cm³/mol. The van der Waals surface area contributed by atoms with Gasteiger partial charge in [0.1, 0.15) is 0 Å². The van der Waals surface area contributed by atoms with Crippen LogP contribution in [-0.2, 0) is 9.47 Å². The van der Waals surface area contributed by atoms with Crippen molar-refractivity contribution in [2.45, 2.75) is 70.3 Å². The largest absolute Gasteiger partial charge is 0.395 e. The molecule has 6 heteroatoms. The summed E-state index contributed by atoms with van der Waals surface area (Å²) >= 11 is 0. The van der Waals surface area contributed by atoms with Crippen LogP contribution in [-0.4, -0.2) is 90.5 Å². The molecule has 4 rings (SSSR count). The second-order valence-electron chi connectivity index (χ2n) is 10.8. The second kappa shape index (κ2) is 13.3. The van der Waals surface area contributed by atoms with Crippen LogP contribution < -0.4 is 0 Å². The normalized spacial score (nSPS) is 29.6. The van der Waals surface area contributed by atoms with Gasteiger partial charge in [-0.15, -0.1) is 0 Å². The number of ether oxygens (including phenoxy) is 2. The molecule has 6 nitrogen and oxygen atoms in total. The number of hydrogen-bond donors (Lipinski definition) is 2. The zero-order valence-electron chi connectivity index (χ0n) is 22.3. The molecule has 1 aromatic rings. The van der Waals surface area contributed by atoms with Gasteiger partial charge in [-0.3, -0.25) is 4.90 Å². The van der Waals surface area contributed by atoms with E-state index >= 15 is 0 Å². The summed E-state index contributed by atoms with van der Waals surface area (Å²) in [5.41, 5.74) is 3.75. The van der Waals surface area contributed by atoms with E-state index in [1.54, 1.807) is 0 Å². The molecule has 4 atom stereocenters. The van der Waals surface area contributed by atoms with Crippen LogP contribution in [0.1, 0.15) is 56.6 Å². The first-order chi connectivity index (χ1) is 17.5. The van der Waals surface area contributed by atoms with Crippen LogP contribution in [0.2, 0.25) is 0 Å². The summed E-state index contributed by atoms with van der Waals surface area (Å²) in [7, 11) is 0. The molecule has 0 aromatic heterocycles. The van der Waals surface area contributed by atoms with Gasteiger partial charge in [0.2, 0.25) is 0 Å². The smallest absolute Gasteiger partial charge is 0.194 e. The van der Waals surface area contributed by atoms with E-state index in [9.17, 15) is 10.2 Å². The lowest BCUT2D eigenvalue weighted by Crippen LogP contribution is -2.45. The Balaban J connectivity index is 1.39. The molecular formula is C30H46N2O4. The quantitative estimate of drug-likeness (QED) is 0.335. The molecule has 200 valence electrons. The van der Waals surface area contributed by atoms with Crippen LogP contribution in [0.15, 0.2) is 42.5 Å². The molecule has 0 saturated carbocycles. The van der Waals surface area contributed by atoms with Crippen LogP contribution in [0.4, 0.5) is 0 Å². The van der Waals surface area contributed by atoms with E-state index in [2.05, 4.69) is 66.1 Å². The van der Waals surface area contributed by atoms with E-state index in [0.29, 0.717) is 13.2 Å². The molecule has 3 unspecified atom stereocenters. The Hall–Kier alpha value is -1.54. The third-order valence-electron chi connectivity index (χ3n) is 8.20. The van der Waals surface area contributed by atoms with E-state index in [0.717, 1.165) is 58.4 Å². The second-order valence-corrected chi connectivity index (χ2v) is 10.8. The highest BCUT2D eigenvalue weighted by molar-refractivity contribution is 5.73. The van der Waals surface area contributed by atoms with E-state index in [1.807, 2.05) is 0 Å². The molecule has 0 spiro atoms. The minimum atomic E-state index is -0.796. The summed E-state index contributed by atoms with van der Waals surface area (Å²) in [6.07, 6.45) is 12.4. The minimum absolute atomic E-state index is 0.0531.